The third-order valence-electron chi connectivity index (χ3n) is 3.35. The first-order chi connectivity index (χ1) is 7.36. The second-order valence-corrected chi connectivity index (χ2v) is 4.42. The number of amides is 2. The maximum Gasteiger partial charge on any atom is 0.317 e. The molecule has 2 aliphatic rings. The second-order valence-electron chi connectivity index (χ2n) is 4.42. The lowest BCUT2D eigenvalue weighted by atomic mass is 9.83. The van der Waals surface area contributed by atoms with Gasteiger partial charge in [0.15, 0.2) is 0 Å². The van der Waals surface area contributed by atoms with Gasteiger partial charge in [0.2, 0.25) is 0 Å². The summed E-state index contributed by atoms with van der Waals surface area (Å²) in [6.07, 6.45) is 5.24. The fraction of sp³-hybridized carbons (Fsp3) is 0.909. The second kappa shape index (κ2) is 5.35. The number of nitrogens with one attached hydrogen (secondary N) is 1. The number of nitrogens with zero attached hydrogens (tertiary/aromatic N) is 1. The molecule has 0 unspecified atom stereocenters. The van der Waals surface area contributed by atoms with Gasteiger partial charge in [-0.15, -0.1) is 0 Å². The zero-order chi connectivity index (χ0) is 10.5. The van der Waals surface area contributed by atoms with E-state index in [0.717, 1.165) is 32.0 Å². The van der Waals surface area contributed by atoms with E-state index in [2.05, 4.69) is 5.32 Å². The molecule has 0 atom stereocenters. The Morgan fingerprint density at radius 2 is 2.07 bits per heavy atom. The zero-order valence-corrected chi connectivity index (χ0v) is 9.21. The molecule has 0 radical (unpaired) electrons. The van der Waals surface area contributed by atoms with Crippen LogP contribution in [0.5, 0.6) is 0 Å². The zero-order valence-electron chi connectivity index (χ0n) is 9.21. The molecule has 2 amide bonds. The van der Waals surface area contributed by atoms with E-state index in [-0.39, 0.29) is 6.03 Å². The van der Waals surface area contributed by atoms with Gasteiger partial charge < -0.3 is 15.0 Å². The smallest absolute Gasteiger partial charge is 0.317 e. The van der Waals surface area contributed by atoms with Crippen LogP contribution in [0.1, 0.15) is 25.7 Å². The molecule has 15 heavy (non-hydrogen) atoms. The summed E-state index contributed by atoms with van der Waals surface area (Å²) in [4.78, 5) is 13.5. The first-order valence-corrected chi connectivity index (χ1v) is 5.97. The molecule has 0 aromatic rings. The van der Waals surface area contributed by atoms with Gasteiger partial charge in [-0.25, -0.2) is 4.79 Å². The van der Waals surface area contributed by atoms with E-state index in [0.29, 0.717) is 13.2 Å². The van der Waals surface area contributed by atoms with Crippen LogP contribution in [-0.2, 0) is 4.74 Å². The van der Waals surface area contributed by atoms with Crippen LogP contribution in [0.15, 0.2) is 0 Å². The fourth-order valence-electron chi connectivity index (χ4n) is 2.04. The van der Waals surface area contributed by atoms with Crippen molar-refractivity contribution in [3.63, 3.8) is 0 Å². The number of carbonyl (C=O) groups excluding carboxylic acids is 1. The summed E-state index contributed by atoms with van der Waals surface area (Å²) >= 11 is 0. The van der Waals surface area contributed by atoms with Crippen LogP contribution in [0.4, 0.5) is 4.79 Å². The normalized spacial score (nSPS) is 22.3. The summed E-state index contributed by atoms with van der Waals surface area (Å²) in [5, 5.41) is 2.98. The highest BCUT2D eigenvalue weighted by molar-refractivity contribution is 5.74. The largest absolute Gasteiger partial charge is 0.378 e. The minimum absolute atomic E-state index is 0.0811. The number of carbonyl (C=O) groups is 1. The number of ether oxygens (including phenoxy) is 1. The van der Waals surface area contributed by atoms with E-state index < -0.39 is 0 Å². The Morgan fingerprint density at radius 3 is 2.67 bits per heavy atom. The minimum atomic E-state index is 0.0811. The van der Waals surface area contributed by atoms with Gasteiger partial charge in [-0.1, -0.05) is 19.3 Å². The minimum Gasteiger partial charge on any atom is -0.378 e. The van der Waals surface area contributed by atoms with E-state index in [1.54, 1.807) is 0 Å². The number of urea groups is 1. The monoisotopic (exact) mass is 212 g/mol. The van der Waals surface area contributed by atoms with Gasteiger partial charge in [0.25, 0.3) is 0 Å². The van der Waals surface area contributed by atoms with Crippen LogP contribution >= 0.6 is 0 Å². The lowest BCUT2D eigenvalue weighted by molar-refractivity contribution is 0.0531. The van der Waals surface area contributed by atoms with Crippen molar-refractivity contribution in [3.8, 4) is 0 Å². The standard InChI is InChI=1S/C11H20N2O2/c14-11(13-6-8-15-9-7-13)12-5-4-10-2-1-3-10/h10H,1-9H2,(H,12,14). The maximum atomic E-state index is 11.6. The fourth-order valence-corrected chi connectivity index (χ4v) is 2.04. The Labute approximate surface area is 91.0 Å². The average Bonchev–Trinajstić information content (AvgIpc) is 2.23. The Kier molecular flexibility index (Phi) is 3.83. The lowest BCUT2D eigenvalue weighted by Gasteiger charge is -2.28. The molecule has 4 heteroatoms. The third-order valence-corrected chi connectivity index (χ3v) is 3.35. The van der Waals surface area contributed by atoms with E-state index in [1.165, 1.54) is 19.3 Å². The molecule has 1 aliphatic heterocycles. The predicted molar refractivity (Wildman–Crippen MR) is 57.7 cm³/mol. The number of hydrogen-bond donors (Lipinski definition) is 1. The molecule has 1 N–H and O–H groups in total. The van der Waals surface area contributed by atoms with Gasteiger partial charge in [-0.05, 0) is 12.3 Å². The van der Waals surface area contributed by atoms with Crippen LogP contribution in [-0.4, -0.2) is 43.8 Å². The number of hydrogen-bond acceptors (Lipinski definition) is 2. The summed E-state index contributed by atoms with van der Waals surface area (Å²) in [6.45, 7) is 3.65. The SMILES string of the molecule is O=C(NCCC1CCC1)N1CCOCC1. The van der Waals surface area contributed by atoms with Crippen LogP contribution < -0.4 is 5.32 Å². The molecular formula is C11H20N2O2. The summed E-state index contributed by atoms with van der Waals surface area (Å²) in [6, 6.07) is 0.0811. The lowest BCUT2D eigenvalue weighted by Crippen LogP contribution is -2.46. The number of morpholine rings is 1. The van der Waals surface area contributed by atoms with Crippen LogP contribution in [0.2, 0.25) is 0 Å². The Morgan fingerprint density at radius 1 is 1.33 bits per heavy atom. The molecule has 0 aromatic carbocycles. The molecule has 2 fully saturated rings. The first-order valence-electron chi connectivity index (χ1n) is 5.97. The van der Waals surface area contributed by atoms with Crippen molar-refractivity contribution in [2.75, 3.05) is 32.8 Å². The van der Waals surface area contributed by atoms with E-state index in [4.69, 9.17) is 4.74 Å². The van der Waals surface area contributed by atoms with E-state index >= 15 is 0 Å². The predicted octanol–water partition coefficient (Wildman–Crippen LogP) is 1.22. The average molecular weight is 212 g/mol. The van der Waals surface area contributed by atoms with Crippen LogP contribution in [0, 0.1) is 5.92 Å². The van der Waals surface area contributed by atoms with Crippen LogP contribution in [0.3, 0.4) is 0 Å². The Bertz CT molecular complexity index is 211. The summed E-state index contributed by atoms with van der Waals surface area (Å²) in [5.41, 5.74) is 0. The summed E-state index contributed by atoms with van der Waals surface area (Å²) in [7, 11) is 0. The van der Waals surface area contributed by atoms with Gasteiger partial charge in [0, 0.05) is 19.6 Å². The van der Waals surface area contributed by atoms with Crippen molar-refractivity contribution >= 4 is 6.03 Å². The molecule has 0 aromatic heterocycles. The van der Waals surface area contributed by atoms with Crippen molar-refractivity contribution in [2.45, 2.75) is 25.7 Å². The first kappa shape index (κ1) is 10.7. The van der Waals surface area contributed by atoms with Crippen molar-refractivity contribution in [2.24, 2.45) is 5.92 Å². The molecule has 1 saturated heterocycles. The van der Waals surface area contributed by atoms with Gasteiger partial charge >= 0.3 is 6.03 Å². The van der Waals surface area contributed by atoms with Gasteiger partial charge in [-0.2, -0.15) is 0 Å². The van der Waals surface area contributed by atoms with Crippen molar-refractivity contribution in [1.29, 1.82) is 0 Å². The third kappa shape index (κ3) is 3.09. The molecule has 4 nitrogen and oxygen atoms in total. The Balaban J connectivity index is 1.58. The van der Waals surface area contributed by atoms with E-state index in [9.17, 15) is 4.79 Å². The van der Waals surface area contributed by atoms with Gasteiger partial charge in [0.1, 0.15) is 0 Å². The highest BCUT2D eigenvalue weighted by Crippen LogP contribution is 2.28. The Hall–Kier alpha value is -0.770. The van der Waals surface area contributed by atoms with E-state index in [1.807, 2.05) is 4.90 Å². The maximum absolute atomic E-state index is 11.6. The molecule has 0 bridgehead atoms. The molecule has 1 saturated carbocycles. The van der Waals surface area contributed by atoms with Crippen LogP contribution in [0.25, 0.3) is 0 Å². The molecular weight excluding hydrogens is 192 g/mol. The van der Waals surface area contributed by atoms with Gasteiger partial charge in [0.05, 0.1) is 13.2 Å². The summed E-state index contributed by atoms with van der Waals surface area (Å²) < 4.78 is 5.20. The quantitative estimate of drug-likeness (QED) is 0.764. The highest BCUT2D eigenvalue weighted by atomic mass is 16.5. The van der Waals surface area contributed by atoms with Crippen molar-refractivity contribution in [3.05, 3.63) is 0 Å². The topological polar surface area (TPSA) is 41.6 Å². The summed E-state index contributed by atoms with van der Waals surface area (Å²) in [5.74, 6) is 0.870. The molecule has 0 spiro atoms. The van der Waals surface area contributed by atoms with Crippen molar-refractivity contribution < 1.29 is 9.53 Å². The molecule has 86 valence electrons. The molecule has 1 aliphatic carbocycles. The van der Waals surface area contributed by atoms with Crippen molar-refractivity contribution in [1.82, 2.24) is 10.2 Å². The molecule has 2 rings (SSSR count). The molecule has 1 heterocycles. The number of rotatable bonds is 3. The highest BCUT2D eigenvalue weighted by Gasteiger charge is 2.19. The van der Waals surface area contributed by atoms with Gasteiger partial charge in [-0.3, -0.25) is 0 Å².